The minimum Gasteiger partial charge on any atom is -0.507 e. The van der Waals surface area contributed by atoms with Crippen LogP contribution in [-0.4, -0.2) is 105 Å². The molecule has 0 aromatic heterocycles. The predicted octanol–water partition coefficient (Wildman–Crippen LogP) is 5.83. The van der Waals surface area contributed by atoms with Crippen molar-refractivity contribution < 1.29 is 63.3 Å². The molecule has 6 rings (SSSR count). The summed E-state index contributed by atoms with van der Waals surface area (Å²) in [4.78, 5) is 55.8. The Morgan fingerprint density at radius 1 is 0.933 bits per heavy atom. The summed E-state index contributed by atoms with van der Waals surface area (Å²) in [6.45, 7) is 16.0. The van der Waals surface area contributed by atoms with E-state index < -0.39 is 89.6 Å². The van der Waals surface area contributed by atoms with Crippen molar-refractivity contribution in [3.8, 4) is 23.0 Å². The average Bonchev–Trinajstić information content (AvgIpc) is 3.68. The van der Waals surface area contributed by atoms with Crippen molar-refractivity contribution >= 4 is 40.0 Å². The van der Waals surface area contributed by atoms with Gasteiger partial charge in [-0.05, 0) is 46.6 Å². The Labute approximate surface area is 351 Å². The molecule has 0 aliphatic carbocycles. The van der Waals surface area contributed by atoms with Gasteiger partial charge < -0.3 is 54.3 Å². The third kappa shape index (κ3) is 8.84. The maximum atomic E-state index is 14.5. The van der Waals surface area contributed by atoms with Crippen LogP contribution in [0.2, 0.25) is 0 Å². The van der Waals surface area contributed by atoms with Crippen molar-refractivity contribution in [1.29, 1.82) is 0 Å². The van der Waals surface area contributed by atoms with Crippen LogP contribution < -0.4 is 14.8 Å². The van der Waals surface area contributed by atoms with E-state index in [1.165, 1.54) is 59.3 Å². The number of phenolic OH excluding ortho intramolecular Hbond substituents is 2. The smallest absolute Gasteiger partial charge is 0.312 e. The molecule has 2 aromatic rings. The van der Waals surface area contributed by atoms with Crippen molar-refractivity contribution in [2.75, 3.05) is 19.0 Å². The van der Waals surface area contributed by atoms with Gasteiger partial charge in [0.2, 0.25) is 0 Å². The van der Waals surface area contributed by atoms with E-state index in [1.807, 2.05) is 13.8 Å². The molecule has 2 aromatic carbocycles. The summed E-state index contributed by atoms with van der Waals surface area (Å²) < 4.78 is 29.9. The van der Waals surface area contributed by atoms with Crippen LogP contribution in [0.4, 0.5) is 5.69 Å². The lowest BCUT2D eigenvalue weighted by molar-refractivity contribution is -0.160. The molecule has 15 heteroatoms. The molecule has 0 saturated carbocycles. The van der Waals surface area contributed by atoms with Gasteiger partial charge in [0.25, 0.3) is 17.6 Å². The number of fused-ring (bicyclic) bond motifs is 14. The lowest BCUT2D eigenvalue weighted by Gasteiger charge is -2.38. The van der Waals surface area contributed by atoms with Crippen LogP contribution in [0.25, 0.3) is 10.8 Å². The number of carbonyl (C=O) groups is 4. The number of methoxy groups -OCH3 is 1. The zero-order valence-corrected chi connectivity index (χ0v) is 36.3. The first-order valence-corrected chi connectivity index (χ1v) is 20.4. The van der Waals surface area contributed by atoms with Crippen molar-refractivity contribution in [2.45, 2.75) is 124 Å². The summed E-state index contributed by atoms with van der Waals surface area (Å²) in [5.74, 6) is -7.90. The standard InChI is InChI=1S/C45H60N2O13/c1-21-13-12-14-22(2)44(55)46-30-19-32(57-20-33(49)47-23(3)15-16-24(47)4)34-35(40(30)53)39(52)28(8)42-36(34)43(54)45(10,60-42)58-18-17-31(56-11)25(5)41(59-29(9)48)27(7)38(51)26(6)37(21)50/h12-14,17-19,21,23-27,31,37-38,41,50-53H,15-16,20H2,1-11H3,(H,46,55)/b13-12+,18-17-,22-14+. The number of aliphatic hydroxyl groups is 2. The first-order chi connectivity index (χ1) is 28.1. The summed E-state index contributed by atoms with van der Waals surface area (Å²) in [6, 6.07) is 1.24. The number of nitrogens with zero attached hydrogens (tertiary/aromatic N) is 1. The largest absolute Gasteiger partial charge is 0.507 e. The van der Waals surface area contributed by atoms with Crippen LogP contribution in [0, 0.1) is 30.6 Å². The summed E-state index contributed by atoms with van der Waals surface area (Å²) in [6.07, 6.45) is 5.28. The molecule has 1 saturated heterocycles. The minimum absolute atomic E-state index is 0.0242. The number of aromatic hydroxyl groups is 2. The van der Waals surface area contributed by atoms with Crippen LogP contribution in [0.15, 0.2) is 42.2 Å². The number of hydrogen-bond donors (Lipinski definition) is 5. The molecule has 5 N–H and O–H groups in total. The molecule has 0 spiro atoms. The van der Waals surface area contributed by atoms with Gasteiger partial charge in [-0.25, -0.2) is 0 Å². The van der Waals surface area contributed by atoms with Crippen LogP contribution in [0.5, 0.6) is 23.0 Å². The van der Waals surface area contributed by atoms with Crippen LogP contribution in [-0.2, 0) is 28.6 Å². The number of esters is 1. The Morgan fingerprint density at radius 2 is 1.58 bits per heavy atom. The molecule has 5 bridgehead atoms. The molecule has 328 valence electrons. The van der Waals surface area contributed by atoms with Gasteiger partial charge in [-0.2, -0.15) is 0 Å². The third-order valence-electron chi connectivity index (χ3n) is 12.4. The van der Waals surface area contributed by atoms with Gasteiger partial charge in [-0.15, -0.1) is 0 Å². The van der Waals surface area contributed by atoms with Gasteiger partial charge >= 0.3 is 11.8 Å². The molecular weight excluding hydrogens is 776 g/mol. The molecule has 11 atom stereocenters. The quantitative estimate of drug-likeness (QED) is 0.178. The second-order valence-corrected chi connectivity index (χ2v) is 16.8. The van der Waals surface area contributed by atoms with E-state index in [2.05, 4.69) is 5.32 Å². The van der Waals surface area contributed by atoms with Gasteiger partial charge in [0.05, 0.1) is 41.2 Å². The van der Waals surface area contributed by atoms with Crippen molar-refractivity contribution in [3.63, 3.8) is 0 Å². The molecule has 15 nitrogen and oxygen atoms in total. The highest BCUT2D eigenvalue weighted by molar-refractivity contribution is 6.21. The number of allylic oxidation sites excluding steroid dienone is 2. The Kier molecular flexibility index (Phi) is 14.0. The number of nitrogens with one attached hydrogen (secondary N) is 1. The number of carbonyl (C=O) groups excluding carboxylic acids is 4. The fourth-order valence-electron chi connectivity index (χ4n) is 8.65. The number of hydrogen-bond acceptors (Lipinski definition) is 13. The Hall–Kier alpha value is -5.12. The van der Waals surface area contributed by atoms with E-state index >= 15 is 0 Å². The van der Waals surface area contributed by atoms with Crippen molar-refractivity contribution in [3.05, 3.63) is 53.3 Å². The minimum atomic E-state index is -2.02. The molecule has 1 fully saturated rings. The number of anilines is 1. The van der Waals surface area contributed by atoms with E-state index in [4.69, 9.17) is 23.7 Å². The third-order valence-corrected chi connectivity index (χ3v) is 12.4. The SMILES string of the molecule is COC1/C=C\OC2(C)Oc3c(C)c(O)c4c(O)c(cc(OCC(=O)N5C(C)CCC5C)c4c3C2=O)NC(=O)/C(C)=C/C=C/C(C)C(O)C(C)C(O)C(C)C(OC(C)=O)C1C. The van der Waals surface area contributed by atoms with Gasteiger partial charge in [0.1, 0.15) is 23.4 Å². The van der Waals surface area contributed by atoms with E-state index in [-0.39, 0.29) is 62.6 Å². The number of ether oxygens (including phenoxy) is 5. The summed E-state index contributed by atoms with van der Waals surface area (Å²) in [5.41, 5.74) is 0.0212. The number of rotatable bonds is 5. The highest BCUT2D eigenvalue weighted by atomic mass is 16.7. The summed E-state index contributed by atoms with van der Waals surface area (Å²) >= 11 is 0. The Balaban J connectivity index is 1.67. The highest BCUT2D eigenvalue weighted by Crippen LogP contribution is 2.54. The summed E-state index contributed by atoms with van der Waals surface area (Å²) in [7, 11) is 1.44. The highest BCUT2D eigenvalue weighted by Gasteiger charge is 2.50. The molecule has 4 heterocycles. The zero-order chi connectivity index (χ0) is 44.5. The number of aliphatic hydroxyl groups excluding tert-OH is 2. The Bertz CT molecular complexity index is 2080. The van der Waals surface area contributed by atoms with Gasteiger partial charge in [0, 0.05) is 79.3 Å². The maximum absolute atomic E-state index is 14.5. The van der Waals surface area contributed by atoms with Gasteiger partial charge in [0.15, 0.2) is 12.4 Å². The fraction of sp³-hybridized carbons (Fsp3) is 0.556. The van der Waals surface area contributed by atoms with E-state index in [0.717, 1.165) is 12.8 Å². The normalized spacial score (nSPS) is 33.4. The number of ketones is 1. The molecule has 60 heavy (non-hydrogen) atoms. The lowest BCUT2D eigenvalue weighted by Crippen LogP contribution is -2.46. The molecule has 2 amide bonds. The van der Waals surface area contributed by atoms with Crippen LogP contribution in [0.1, 0.15) is 91.1 Å². The zero-order valence-electron chi connectivity index (χ0n) is 36.3. The van der Waals surface area contributed by atoms with E-state index in [9.17, 15) is 39.6 Å². The monoisotopic (exact) mass is 836 g/mol. The number of Topliss-reactive ketones (excluding diaryl/α,β-unsaturated/α-hetero) is 1. The number of likely N-dealkylation sites (tertiary alicyclic amines) is 1. The van der Waals surface area contributed by atoms with Crippen molar-refractivity contribution in [1.82, 2.24) is 4.90 Å². The average molecular weight is 837 g/mol. The lowest BCUT2D eigenvalue weighted by atomic mass is 9.78. The molecular formula is C45H60N2O13. The van der Waals surface area contributed by atoms with E-state index in [1.54, 1.807) is 44.7 Å². The first kappa shape index (κ1) is 46.0. The summed E-state index contributed by atoms with van der Waals surface area (Å²) in [5, 5.41) is 48.6. The molecule has 0 radical (unpaired) electrons. The molecule has 4 aliphatic rings. The Morgan fingerprint density at radius 3 is 2.20 bits per heavy atom. The van der Waals surface area contributed by atoms with E-state index in [0.29, 0.717) is 0 Å². The van der Waals surface area contributed by atoms with Crippen LogP contribution >= 0.6 is 0 Å². The second-order valence-electron chi connectivity index (χ2n) is 16.8. The number of phenols is 2. The second kappa shape index (κ2) is 18.2. The predicted molar refractivity (Wildman–Crippen MR) is 223 cm³/mol. The first-order valence-electron chi connectivity index (χ1n) is 20.4. The molecule has 4 aliphatic heterocycles. The fourth-order valence-corrected chi connectivity index (χ4v) is 8.65. The topological polar surface area (TPSA) is 211 Å². The van der Waals surface area contributed by atoms with Gasteiger partial charge in [-0.3, -0.25) is 19.2 Å². The van der Waals surface area contributed by atoms with Gasteiger partial charge in [-0.1, -0.05) is 45.9 Å². The maximum Gasteiger partial charge on any atom is 0.312 e. The number of amides is 2. The number of benzene rings is 2. The van der Waals surface area contributed by atoms with Crippen LogP contribution in [0.3, 0.4) is 0 Å². The molecule has 11 unspecified atom stereocenters. The van der Waals surface area contributed by atoms with Crippen molar-refractivity contribution in [2.24, 2.45) is 23.7 Å².